The lowest BCUT2D eigenvalue weighted by molar-refractivity contribution is 0.218. The Morgan fingerprint density at radius 3 is 2.68 bits per heavy atom. The normalized spacial score (nSPS) is 11.0. The van der Waals surface area contributed by atoms with Crippen LogP contribution in [0.5, 0.6) is 5.75 Å². The summed E-state index contributed by atoms with van der Waals surface area (Å²) in [5, 5.41) is 14.8. The van der Waals surface area contributed by atoms with E-state index < -0.39 is 5.54 Å². The lowest BCUT2D eigenvalue weighted by Gasteiger charge is -2.25. The van der Waals surface area contributed by atoms with Crippen LogP contribution in [0.3, 0.4) is 0 Å². The lowest BCUT2D eigenvalue weighted by atomic mass is 10.0. The molecule has 2 amide bonds. The predicted molar refractivity (Wildman–Crippen MR) is 75.9 cm³/mol. The molecule has 19 heavy (non-hydrogen) atoms. The summed E-state index contributed by atoms with van der Waals surface area (Å²) >= 11 is 5.97. The smallest absolute Gasteiger partial charge is 0.319 e. The van der Waals surface area contributed by atoms with Crippen molar-refractivity contribution < 1.29 is 14.6 Å². The molecule has 0 aromatic heterocycles. The van der Waals surface area contributed by atoms with Crippen LogP contribution >= 0.6 is 11.6 Å². The van der Waals surface area contributed by atoms with Crippen molar-refractivity contribution in [2.24, 2.45) is 0 Å². The van der Waals surface area contributed by atoms with Crippen molar-refractivity contribution in [1.29, 1.82) is 0 Å². The van der Waals surface area contributed by atoms with E-state index in [4.69, 9.17) is 21.4 Å². The lowest BCUT2D eigenvalue weighted by Crippen LogP contribution is -2.46. The third kappa shape index (κ3) is 4.96. The number of urea groups is 1. The quantitative estimate of drug-likeness (QED) is 0.779. The van der Waals surface area contributed by atoms with Gasteiger partial charge in [0.15, 0.2) is 0 Å². The molecule has 0 aliphatic rings. The summed E-state index contributed by atoms with van der Waals surface area (Å²) in [4.78, 5) is 11.8. The molecule has 0 fully saturated rings. The number of anilines is 1. The van der Waals surface area contributed by atoms with Crippen LogP contribution in [0.2, 0.25) is 5.02 Å². The highest BCUT2D eigenvalue weighted by Gasteiger charge is 2.19. The highest BCUT2D eigenvalue weighted by atomic mass is 35.5. The predicted octanol–water partition coefficient (Wildman–Crippen LogP) is 2.63. The Balaban J connectivity index is 2.64. The molecule has 1 aromatic rings. The highest BCUT2D eigenvalue weighted by molar-refractivity contribution is 6.32. The summed E-state index contributed by atoms with van der Waals surface area (Å²) in [6, 6.07) is 4.64. The molecule has 0 saturated carbocycles. The van der Waals surface area contributed by atoms with E-state index >= 15 is 0 Å². The average molecular weight is 287 g/mol. The Morgan fingerprint density at radius 2 is 2.16 bits per heavy atom. The molecule has 0 saturated heterocycles. The van der Waals surface area contributed by atoms with Crippen molar-refractivity contribution >= 4 is 23.3 Å². The standard InChI is InChI=1S/C13H19ClN2O3/c1-13(2,6-7-17)16-12(18)15-9-4-5-11(19-3)10(14)8-9/h4-5,8,17H,6-7H2,1-3H3,(H2,15,16,18). The summed E-state index contributed by atoms with van der Waals surface area (Å²) in [6.45, 7) is 3.69. The second kappa shape index (κ2) is 6.63. The number of hydrogen-bond donors (Lipinski definition) is 3. The minimum Gasteiger partial charge on any atom is -0.495 e. The number of amides is 2. The number of aliphatic hydroxyl groups excluding tert-OH is 1. The summed E-state index contributed by atoms with van der Waals surface area (Å²) in [5.41, 5.74) is 0.0952. The van der Waals surface area contributed by atoms with E-state index in [2.05, 4.69) is 10.6 Å². The van der Waals surface area contributed by atoms with Gasteiger partial charge in [0.2, 0.25) is 0 Å². The molecule has 3 N–H and O–H groups in total. The van der Waals surface area contributed by atoms with Crippen LogP contribution in [0.4, 0.5) is 10.5 Å². The number of hydrogen-bond acceptors (Lipinski definition) is 3. The summed E-state index contributed by atoms with van der Waals surface area (Å²) in [6.07, 6.45) is 0.476. The first kappa shape index (κ1) is 15.6. The van der Waals surface area contributed by atoms with Crippen molar-refractivity contribution in [2.75, 3.05) is 19.0 Å². The third-order valence-corrected chi connectivity index (χ3v) is 2.89. The van der Waals surface area contributed by atoms with Crippen molar-refractivity contribution in [1.82, 2.24) is 5.32 Å². The average Bonchev–Trinajstić information content (AvgIpc) is 2.27. The van der Waals surface area contributed by atoms with Crippen LogP contribution in [-0.2, 0) is 0 Å². The Labute approximate surface area is 117 Å². The molecule has 0 spiro atoms. The van der Waals surface area contributed by atoms with Crippen molar-refractivity contribution in [3.05, 3.63) is 23.2 Å². The van der Waals surface area contributed by atoms with E-state index in [1.54, 1.807) is 18.2 Å². The monoisotopic (exact) mass is 286 g/mol. The zero-order valence-corrected chi connectivity index (χ0v) is 12.0. The van der Waals surface area contributed by atoms with Gasteiger partial charge in [0.1, 0.15) is 5.75 Å². The van der Waals surface area contributed by atoms with E-state index in [-0.39, 0.29) is 12.6 Å². The van der Waals surface area contributed by atoms with Crippen LogP contribution in [0, 0.1) is 0 Å². The summed E-state index contributed by atoms with van der Waals surface area (Å²) in [7, 11) is 1.53. The second-order valence-electron chi connectivity index (χ2n) is 4.79. The van der Waals surface area contributed by atoms with Gasteiger partial charge in [-0.25, -0.2) is 4.79 Å². The molecule has 1 aromatic carbocycles. The maximum Gasteiger partial charge on any atom is 0.319 e. The summed E-state index contributed by atoms with van der Waals surface area (Å²) in [5.74, 6) is 0.549. The van der Waals surface area contributed by atoms with Crippen LogP contribution in [0.15, 0.2) is 18.2 Å². The van der Waals surface area contributed by atoms with Crippen molar-refractivity contribution in [3.8, 4) is 5.75 Å². The number of halogens is 1. The first-order valence-corrected chi connectivity index (χ1v) is 6.29. The first-order chi connectivity index (χ1) is 8.88. The molecule has 5 nitrogen and oxygen atoms in total. The van der Waals surface area contributed by atoms with Gasteiger partial charge in [0.05, 0.1) is 12.1 Å². The minimum absolute atomic E-state index is 0.0155. The number of nitrogens with one attached hydrogen (secondary N) is 2. The number of methoxy groups -OCH3 is 1. The third-order valence-electron chi connectivity index (χ3n) is 2.60. The van der Waals surface area contributed by atoms with Crippen LogP contribution < -0.4 is 15.4 Å². The number of carbonyl (C=O) groups is 1. The molecule has 0 heterocycles. The van der Waals surface area contributed by atoms with Gasteiger partial charge in [0, 0.05) is 17.8 Å². The number of benzene rings is 1. The Kier molecular flexibility index (Phi) is 5.44. The van der Waals surface area contributed by atoms with Gasteiger partial charge in [-0.3, -0.25) is 0 Å². The zero-order valence-electron chi connectivity index (χ0n) is 11.3. The number of ether oxygens (including phenoxy) is 1. The molecule has 0 aliphatic heterocycles. The fourth-order valence-electron chi connectivity index (χ4n) is 1.56. The van der Waals surface area contributed by atoms with Gasteiger partial charge >= 0.3 is 6.03 Å². The molecular formula is C13H19ClN2O3. The van der Waals surface area contributed by atoms with Crippen LogP contribution in [0.25, 0.3) is 0 Å². The SMILES string of the molecule is COc1ccc(NC(=O)NC(C)(C)CCO)cc1Cl. The van der Waals surface area contributed by atoms with E-state index in [9.17, 15) is 4.79 Å². The molecular weight excluding hydrogens is 268 g/mol. The number of rotatable bonds is 5. The summed E-state index contributed by atoms with van der Waals surface area (Å²) < 4.78 is 5.03. The zero-order chi connectivity index (χ0) is 14.5. The molecule has 6 heteroatoms. The molecule has 0 atom stereocenters. The second-order valence-corrected chi connectivity index (χ2v) is 5.19. The molecule has 1 rings (SSSR count). The molecule has 0 bridgehead atoms. The highest BCUT2D eigenvalue weighted by Crippen LogP contribution is 2.27. The van der Waals surface area contributed by atoms with Gasteiger partial charge in [0.25, 0.3) is 0 Å². The van der Waals surface area contributed by atoms with Gasteiger partial charge in [-0.15, -0.1) is 0 Å². The number of aliphatic hydroxyl groups is 1. The van der Waals surface area contributed by atoms with Crippen LogP contribution in [0.1, 0.15) is 20.3 Å². The largest absolute Gasteiger partial charge is 0.495 e. The topological polar surface area (TPSA) is 70.6 Å². The van der Waals surface area contributed by atoms with E-state index in [1.807, 2.05) is 13.8 Å². The fourth-order valence-corrected chi connectivity index (χ4v) is 1.81. The van der Waals surface area contributed by atoms with Crippen LogP contribution in [-0.4, -0.2) is 30.4 Å². The molecule has 106 valence electrons. The Hall–Kier alpha value is -1.46. The van der Waals surface area contributed by atoms with Gasteiger partial charge in [-0.2, -0.15) is 0 Å². The van der Waals surface area contributed by atoms with Gasteiger partial charge < -0.3 is 20.5 Å². The van der Waals surface area contributed by atoms with Crippen molar-refractivity contribution in [3.63, 3.8) is 0 Å². The maximum absolute atomic E-state index is 11.8. The van der Waals surface area contributed by atoms with Gasteiger partial charge in [-0.05, 0) is 38.5 Å². The number of carbonyl (C=O) groups excluding carboxylic acids is 1. The van der Waals surface area contributed by atoms with E-state index in [1.165, 1.54) is 7.11 Å². The van der Waals surface area contributed by atoms with E-state index in [0.29, 0.717) is 22.9 Å². The van der Waals surface area contributed by atoms with Gasteiger partial charge in [-0.1, -0.05) is 11.6 Å². The van der Waals surface area contributed by atoms with Crippen molar-refractivity contribution in [2.45, 2.75) is 25.8 Å². The maximum atomic E-state index is 11.8. The fraction of sp³-hybridized carbons (Fsp3) is 0.462. The van der Waals surface area contributed by atoms with E-state index in [0.717, 1.165) is 0 Å². The minimum atomic E-state index is -0.477. The Bertz CT molecular complexity index is 450. The Morgan fingerprint density at radius 1 is 1.47 bits per heavy atom. The first-order valence-electron chi connectivity index (χ1n) is 5.91. The molecule has 0 aliphatic carbocycles. The molecule has 0 unspecified atom stereocenters. The molecule has 0 radical (unpaired) electrons.